The number of hydrogen-bond donors (Lipinski definition) is 3. The third kappa shape index (κ3) is 6.16. The molecule has 0 unspecified atom stereocenters. The zero-order valence-corrected chi connectivity index (χ0v) is 18.4. The van der Waals surface area contributed by atoms with E-state index in [2.05, 4.69) is 5.32 Å². The highest BCUT2D eigenvalue weighted by atomic mass is 32.2. The largest absolute Gasteiger partial charge is 0.488 e. The van der Waals surface area contributed by atoms with Crippen LogP contribution in [0.2, 0.25) is 0 Å². The van der Waals surface area contributed by atoms with E-state index in [1.165, 1.54) is 17.0 Å². The average molecular weight is 460 g/mol. The molecular formula is C21H25BN2O7S. The Kier molecular flexibility index (Phi) is 7.67. The lowest BCUT2D eigenvalue weighted by Crippen LogP contribution is -2.30. The number of benzene rings is 2. The van der Waals surface area contributed by atoms with Crippen LogP contribution in [0.15, 0.2) is 47.4 Å². The van der Waals surface area contributed by atoms with Crippen LogP contribution in [0.5, 0.6) is 0 Å². The zero-order chi connectivity index (χ0) is 23.3. The van der Waals surface area contributed by atoms with E-state index in [4.69, 9.17) is 4.74 Å². The van der Waals surface area contributed by atoms with Crippen LogP contribution in [0.3, 0.4) is 0 Å². The van der Waals surface area contributed by atoms with Gasteiger partial charge in [-0.1, -0.05) is 24.3 Å². The molecule has 0 spiro atoms. The van der Waals surface area contributed by atoms with Crippen molar-refractivity contribution in [2.24, 2.45) is 0 Å². The van der Waals surface area contributed by atoms with Crippen molar-refractivity contribution >= 4 is 40.4 Å². The van der Waals surface area contributed by atoms with Gasteiger partial charge in [-0.05, 0) is 47.6 Å². The number of carbonyl (C=O) groups excluding carboxylic acids is 2. The molecule has 0 radical (unpaired) electrons. The van der Waals surface area contributed by atoms with Crippen LogP contribution in [0.25, 0.3) is 0 Å². The molecule has 2 aromatic carbocycles. The summed E-state index contributed by atoms with van der Waals surface area (Å²) in [5, 5.41) is 20.7. The molecule has 170 valence electrons. The number of amides is 2. The van der Waals surface area contributed by atoms with Gasteiger partial charge in [0.2, 0.25) is 12.3 Å². The van der Waals surface area contributed by atoms with Gasteiger partial charge in [0.15, 0.2) is 9.84 Å². The first-order chi connectivity index (χ1) is 15.2. The van der Waals surface area contributed by atoms with E-state index < -0.39 is 22.9 Å². The third-order valence-corrected chi connectivity index (χ3v) is 7.33. The van der Waals surface area contributed by atoms with E-state index in [9.17, 15) is 28.1 Å². The molecule has 9 nitrogen and oxygen atoms in total. The molecule has 2 aromatic rings. The zero-order valence-electron chi connectivity index (χ0n) is 17.6. The number of hydrogen-bond acceptors (Lipinski definition) is 7. The van der Waals surface area contributed by atoms with E-state index >= 15 is 0 Å². The fraction of sp³-hybridized carbons (Fsp3) is 0.333. The topological polar surface area (TPSA) is 133 Å². The molecule has 11 heteroatoms. The van der Waals surface area contributed by atoms with Crippen molar-refractivity contribution in [3.05, 3.63) is 53.6 Å². The Labute approximate surface area is 187 Å². The number of nitrogens with zero attached hydrogens (tertiary/aromatic N) is 1. The first-order valence-corrected chi connectivity index (χ1v) is 11.6. The summed E-state index contributed by atoms with van der Waals surface area (Å²) in [5.41, 5.74) is 1.83. The SMILES string of the molecule is CN(C=O)Cc1cc(NC(=O)COCc2cccc(B(O)O)c2)ccc1S(=O)(=O)C1CC1. The maximum absolute atomic E-state index is 12.7. The lowest BCUT2D eigenvalue weighted by Gasteiger charge is -2.16. The Hall–Kier alpha value is -2.73. The Morgan fingerprint density at radius 2 is 2.00 bits per heavy atom. The lowest BCUT2D eigenvalue weighted by atomic mass is 9.80. The number of carbonyl (C=O) groups is 2. The highest BCUT2D eigenvalue weighted by Crippen LogP contribution is 2.35. The normalized spacial score (nSPS) is 13.5. The Morgan fingerprint density at radius 1 is 1.25 bits per heavy atom. The molecule has 0 aromatic heterocycles. The van der Waals surface area contributed by atoms with Gasteiger partial charge in [0.1, 0.15) is 6.61 Å². The minimum atomic E-state index is -3.47. The van der Waals surface area contributed by atoms with Gasteiger partial charge in [0, 0.05) is 19.3 Å². The number of sulfone groups is 1. The summed E-state index contributed by atoms with van der Waals surface area (Å²) in [6.07, 6.45) is 1.86. The Morgan fingerprint density at radius 3 is 2.66 bits per heavy atom. The van der Waals surface area contributed by atoms with E-state index in [1.807, 2.05) is 0 Å². The molecule has 32 heavy (non-hydrogen) atoms. The Bertz CT molecular complexity index is 1090. The van der Waals surface area contributed by atoms with E-state index in [0.717, 1.165) is 0 Å². The number of rotatable bonds is 11. The molecule has 0 bridgehead atoms. The summed E-state index contributed by atoms with van der Waals surface area (Å²) in [7, 11) is -3.51. The van der Waals surface area contributed by atoms with Gasteiger partial charge >= 0.3 is 7.12 Å². The number of ether oxygens (including phenoxy) is 1. The number of nitrogens with one attached hydrogen (secondary N) is 1. The standard InChI is InChI=1S/C21H25BN2O7S/c1-24(14-25)11-16-10-18(5-8-20(16)32(29,30)19-6-7-19)23-21(26)13-31-12-15-3-2-4-17(9-15)22(27)28/h2-5,8-10,14,19,27-28H,6-7,11-13H2,1H3,(H,23,26). The van der Waals surface area contributed by atoms with Gasteiger partial charge in [-0.15, -0.1) is 0 Å². The molecule has 0 atom stereocenters. The summed E-state index contributed by atoms with van der Waals surface area (Å²) in [6, 6.07) is 11.1. The summed E-state index contributed by atoms with van der Waals surface area (Å²) in [6.45, 7) is -0.0580. The average Bonchev–Trinajstić information content (AvgIpc) is 3.60. The second-order valence-corrected chi connectivity index (χ2v) is 9.94. The second kappa shape index (κ2) is 10.3. The van der Waals surface area contributed by atoms with E-state index in [1.54, 1.807) is 37.4 Å². The minimum absolute atomic E-state index is 0.0953. The molecule has 1 fully saturated rings. The van der Waals surface area contributed by atoms with Gasteiger partial charge in [-0.2, -0.15) is 0 Å². The van der Waals surface area contributed by atoms with Crippen molar-refractivity contribution in [3.63, 3.8) is 0 Å². The van der Waals surface area contributed by atoms with Gasteiger partial charge in [-0.3, -0.25) is 9.59 Å². The predicted molar refractivity (Wildman–Crippen MR) is 119 cm³/mol. The van der Waals surface area contributed by atoms with Crippen LogP contribution >= 0.6 is 0 Å². The monoisotopic (exact) mass is 460 g/mol. The predicted octanol–water partition coefficient (Wildman–Crippen LogP) is 0.0460. The van der Waals surface area contributed by atoms with Gasteiger partial charge < -0.3 is 25.0 Å². The summed E-state index contributed by atoms with van der Waals surface area (Å²) in [5.74, 6) is -0.434. The highest BCUT2D eigenvalue weighted by molar-refractivity contribution is 7.92. The summed E-state index contributed by atoms with van der Waals surface area (Å²) >= 11 is 0. The molecule has 2 amide bonds. The smallest absolute Gasteiger partial charge is 0.423 e. The molecule has 3 N–H and O–H groups in total. The van der Waals surface area contributed by atoms with Crippen LogP contribution in [0.1, 0.15) is 24.0 Å². The van der Waals surface area contributed by atoms with Crippen molar-refractivity contribution in [2.45, 2.75) is 36.1 Å². The van der Waals surface area contributed by atoms with Crippen LogP contribution < -0.4 is 10.8 Å². The molecule has 0 aliphatic heterocycles. The van der Waals surface area contributed by atoms with Crippen molar-refractivity contribution in [1.29, 1.82) is 0 Å². The third-order valence-electron chi connectivity index (χ3n) is 4.96. The molecule has 1 aliphatic carbocycles. The van der Waals surface area contributed by atoms with Crippen LogP contribution in [-0.4, -0.2) is 61.7 Å². The quantitative estimate of drug-likeness (QED) is 0.319. The fourth-order valence-electron chi connectivity index (χ4n) is 3.22. The van der Waals surface area contributed by atoms with Crippen molar-refractivity contribution in [3.8, 4) is 0 Å². The van der Waals surface area contributed by atoms with E-state index in [-0.39, 0.29) is 29.9 Å². The van der Waals surface area contributed by atoms with Crippen molar-refractivity contribution in [1.82, 2.24) is 4.90 Å². The van der Waals surface area contributed by atoms with Gasteiger partial charge in [-0.25, -0.2) is 8.42 Å². The highest BCUT2D eigenvalue weighted by Gasteiger charge is 2.38. The van der Waals surface area contributed by atoms with Crippen molar-refractivity contribution < 1.29 is 32.8 Å². The first kappa shape index (κ1) is 23.9. The van der Waals surface area contributed by atoms with Gasteiger partial charge in [0.05, 0.1) is 16.8 Å². The molecular weight excluding hydrogens is 435 g/mol. The fourth-order valence-corrected chi connectivity index (χ4v) is 5.09. The minimum Gasteiger partial charge on any atom is -0.423 e. The molecule has 1 saturated carbocycles. The first-order valence-electron chi connectivity index (χ1n) is 10.1. The Balaban J connectivity index is 1.64. The maximum atomic E-state index is 12.7. The van der Waals surface area contributed by atoms with Crippen molar-refractivity contribution in [2.75, 3.05) is 19.0 Å². The molecule has 0 heterocycles. The van der Waals surface area contributed by atoms with Crippen LogP contribution in [-0.2, 0) is 37.3 Å². The molecule has 0 saturated heterocycles. The van der Waals surface area contributed by atoms with Crippen LogP contribution in [0.4, 0.5) is 5.69 Å². The second-order valence-electron chi connectivity index (χ2n) is 7.75. The summed E-state index contributed by atoms with van der Waals surface area (Å²) < 4.78 is 30.8. The molecule has 3 rings (SSSR count). The molecule has 1 aliphatic rings. The van der Waals surface area contributed by atoms with Gasteiger partial charge in [0.25, 0.3) is 0 Å². The maximum Gasteiger partial charge on any atom is 0.488 e. The van der Waals surface area contributed by atoms with Crippen LogP contribution in [0, 0.1) is 0 Å². The van der Waals surface area contributed by atoms with E-state index in [0.29, 0.717) is 41.5 Å². The summed E-state index contributed by atoms with van der Waals surface area (Å²) in [4.78, 5) is 24.8. The lowest BCUT2D eigenvalue weighted by molar-refractivity contribution is -0.121. The number of anilines is 1.